The molecule has 0 bridgehead atoms. The van der Waals surface area contributed by atoms with Crippen LogP contribution in [0.25, 0.3) is 0 Å². The zero-order chi connectivity index (χ0) is 7.28. The summed E-state index contributed by atoms with van der Waals surface area (Å²) in [6.45, 7) is 3.42. The van der Waals surface area contributed by atoms with Crippen molar-refractivity contribution in [1.82, 2.24) is 4.90 Å². The molecule has 0 aliphatic rings. The van der Waals surface area contributed by atoms with E-state index in [-0.39, 0.29) is 6.23 Å². The number of rotatable bonds is 4. The van der Waals surface area contributed by atoms with E-state index < -0.39 is 0 Å². The first-order valence-electron chi connectivity index (χ1n) is 3.18. The van der Waals surface area contributed by atoms with E-state index in [2.05, 4.69) is 0 Å². The highest BCUT2D eigenvalue weighted by Gasteiger charge is 2.00. The molecule has 0 saturated carbocycles. The third-order valence-electron chi connectivity index (χ3n) is 0.926. The van der Waals surface area contributed by atoms with Crippen LogP contribution < -0.4 is 5.73 Å². The fraction of sp³-hybridized carbons (Fsp3) is 1.00. The van der Waals surface area contributed by atoms with E-state index in [1.807, 2.05) is 25.9 Å². The van der Waals surface area contributed by atoms with Crippen molar-refractivity contribution in [1.29, 1.82) is 0 Å². The van der Waals surface area contributed by atoms with Gasteiger partial charge < -0.3 is 15.4 Å². The topological polar surface area (TPSA) is 38.5 Å². The van der Waals surface area contributed by atoms with Crippen molar-refractivity contribution in [3.63, 3.8) is 0 Å². The lowest BCUT2D eigenvalue weighted by Gasteiger charge is -2.15. The molecule has 0 spiro atoms. The second-order valence-corrected chi connectivity index (χ2v) is 2.26. The normalized spacial score (nSPS) is 14.3. The zero-order valence-electron chi connectivity index (χ0n) is 6.42. The van der Waals surface area contributed by atoms with Gasteiger partial charge in [0.2, 0.25) is 0 Å². The Balaban J connectivity index is 3.15. The largest absolute Gasteiger partial charge is 0.363 e. The van der Waals surface area contributed by atoms with Gasteiger partial charge in [0.05, 0.1) is 0 Å². The molecule has 0 aromatic carbocycles. The molecule has 0 aliphatic heterocycles. The van der Waals surface area contributed by atoms with Crippen LogP contribution in [0.4, 0.5) is 0 Å². The van der Waals surface area contributed by atoms with Gasteiger partial charge in [0.25, 0.3) is 0 Å². The number of hydrogen-bond acceptors (Lipinski definition) is 3. The molecular weight excluding hydrogens is 116 g/mol. The number of nitrogens with two attached hydrogens (primary N) is 1. The van der Waals surface area contributed by atoms with Crippen LogP contribution in [0.15, 0.2) is 0 Å². The molecule has 0 rings (SSSR count). The van der Waals surface area contributed by atoms with Crippen LogP contribution in [0.3, 0.4) is 0 Å². The zero-order valence-corrected chi connectivity index (χ0v) is 6.42. The molecule has 0 saturated heterocycles. The van der Waals surface area contributed by atoms with Gasteiger partial charge in [-0.1, -0.05) is 0 Å². The number of ether oxygens (including phenoxy) is 1. The lowest BCUT2D eigenvalue weighted by Crippen LogP contribution is -2.35. The van der Waals surface area contributed by atoms with Gasteiger partial charge >= 0.3 is 0 Å². The number of likely N-dealkylation sites (N-methyl/N-ethyl adjacent to an activating group) is 1. The standard InChI is InChI=1S/C6H16N2O/c1-4-9-6(7)5-8(2)3/h6H,4-5,7H2,1-3H3. The summed E-state index contributed by atoms with van der Waals surface area (Å²) in [5, 5.41) is 0. The monoisotopic (exact) mass is 132 g/mol. The van der Waals surface area contributed by atoms with Gasteiger partial charge in [0.15, 0.2) is 0 Å². The van der Waals surface area contributed by atoms with Crippen LogP contribution in [0.5, 0.6) is 0 Å². The Bertz CT molecular complexity index is 66.1. The first kappa shape index (κ1) is 8.88. The lowest BCUT2D eigenvalue weighted by molar-refractivity contribution is 0.0489. The van der Waals surface area contributed by atoms with Crippen molar-refractivity contribution in [3.8, 4) is 0 Å². The second-order valence-electron chi connectivity index (χ2n) is 2.26. The average molecular weight is 132 g/mol. The highest BCUT2D eigenvalue weighted by Crippen LogP contribution is 1.83. The van der Waals surface area contributed by atoms with Crippen molar-refractivity contribution in [2.45, 2.75) is 13.2 Å². The lowest BCUT2D eigenvalue weighted by atomic mass is 10.5. The minimum Gasteiger partial charge on any atom is -0.363 e. The highest BCUT2D eigenvalue weighted by molar-refractivity contribution is 4.50. The van der Waals surface area contributed by atoms with E-state index in [0.29, 0.717) is 6.61 Å². The third-order valence-corrected chi connectivity index (χ3v) is 0.926. The molecule has 0 fully saturated rings. The quantitative estimate of drug-likeness (QED) is 0.541. The first-order valence-corrected chi connectivity index (χ1v) is 3.18. The smallest absolute Gasteiger partial charge is 0.118 e. The Morgan fingerprint density at radius 1 is 1.56 bits per heavy atom. The minimum atomic E-state index is -0.134. The maximum absolute atomic E-state index is 5.52. The van der Waals surface area contributed by atoms with Gasteiger partial charge in [-0.15, -0.1) is 0 Å². The summed E-state index contributed by atoms with van der Waals surface area (Å²) in [5.41, 5.74) is 5.52. The van der Waals surface area contributed by atoms with E-state index in [0.717, 1.165) is 6.54 Å². The Morgan fingerprint density at radius 2 is 2.11 bits per heavy atom. The van der Waals surface area contributed by atoms with Gasteiger partial charge in [0.1, 0.15) is 6.23 Å². The molecule has 0 aromatic heterocycles. The SMILES string of the molecule is CCOC(N)CN(C)C. The summed E-state index contributed by atoms with van der Waals surface area (Å²) in [4.78, 5) is 2.00. The van der Waals surface area contributed by atoms with Crippen molar-refractivity contribution in [3.05, 3.63) is 0 Å². The molecule has 56 valence electrons. The van der Waals surface area contributed by atoms with E-state index >= 15 is 0 Å². The molecule has 1 atom stereocenters. The van der Waals surface area contributed by atoms with Gasteiger partial charge in [0, 0.05) is 13.2 Å². The molecular formula is C6H16N2O. The molecule has 2 N–H and O–H groups in total. The number of nitrogens with zero attached hydrogens (tertiary/aromatic N) is 1. The van der Waals surface area contributed by atoms with Gasteiger partial charge in [-0.25, -0.2) is 0 Å². The Hall–Kier alpha value is -0.120. The first-order chi connectivity index (χ1) is 4.16. The Morgan fingerprint density at radius 3 is 2.44 bits per heavy atom. The van der Waals surface area contributed by atoms with Crippen molar-refractivity contribution >= 4 is 0 Å². The van der Waals surface area contributed by atoms with Crippen LogP contribution in [0.1, 0.15) is 6.92 Å². The summed E-state index contributed by atoms with van der Waals surface area (Å²) in [5.74, 6) is 0. The molecule has 1 unspecified atom stereocenters. The molecule has 0 aromatic rings. The Kier molecular flexibility index (Phi) is 4.67. The summed E-state index contributed by atoms with van der Waals surface area (Å²) in [7, 11) is 3.94. The van der Waals surface area contributed by atoms with E-state index in [1.165, 1.54) is 0 Å². The minimum absolute atomic E-state index is 0.134. The fourth-order valence-electron chi connectivity index (χ4n) is 0.627. The van der Waals surface area contributed by atoms with Crippen LogP contribution >= 0.6 is 0 Å². The van der Waals surface area contributed by atoms with Crippen molar-refractivity contribution in [2.24, 2.45) is 5.73 Å². The molecule has 3 heteroatoms. The average Bonchev–Trinajstić information content (AvgIpc) is 1.63. The maximum Gasteiger partial charge on any atom is 0.118 e. The Labute approximate surface area is 56.8 Å². The van der Waals surface area contributed by atoms with E-state index in [1.54, 1.807) is 0 Å². The van der Waals surface area contributed by atoms with E-state index in [9.17, 15) is 0 Å². The van der Waals surface area contributed by atoms with Gasteiger partial charge in [-0.05, 0) is 21.0 Å². The van der Waals surface area contributed by atoms with Crippen LogP contribution in [0, 0.1) is 0 Å². The molecule has 0 heterocycles. The van der Waals surface area contributed by atoms with Gasteiger partial charge in [-0.3, -0.25) is 0 Å². The summed E-state index contributed by atoms with van der Waals surface area (Å²) >= 11 is 0. The fourth-order valence-corrected chi connectivity index (χ4v) is 0.627. The van der Waals surface area contributed by atoms with Crippen LogP contribution in [-0.4, -0.2) is 38.4 Å². The van der Waals surface area contributed by atoms with Gasteiger partial charge in [-0.2, -0.15) is 0 Å². The molecule has 0 amide bonds. The molecule has 0 aliphatic carbocycles. The summed E-state index contributed by atoms with van der Waals surface area (Å²) < 4.78 is 5.09. The summed E-state index contributed by atoms with van der Waals surface area (Å²) in [6, 6.07) is 0. The predicted octanol–water partition coefficient (Wildman–Crippen LogP) is -0.131. The number of hydrogen-bond donors (Lipinski definition) is 1. The summed E-state index contributed by atoms with van der Waals surface area (Å²) in [6.07, 6.45) is -0.134. The second kappa shape index (κ2) is 4.73. The van der Waals surface area contributed by atoms with Crippen LogP contribution in [0.2, 0.25) is 0 Å². The van der Waals surface area contributed by atoms with Crippen LogP contribution in [-0.2, 0) is 4.74 Å². The molecule has 9 heavy (non-hydrogen) atoms. The molecule has 3 nitrogen and oxygen atoms in total. The third kappa shape index (κ3) is 5.76. The molecule has 0 radical (unpaired) electrons. The van der Waals surface area contributed by atoms with Crippen molar-refractivity contribution in [2.75, 3.05) is 27.2 Å². The highest BCUT2D eigenvalue weighted by atomic mass is 16.5. The predicted molar refractivity (Wildman–Crippen MR) is 38.2 cm³/mol. The van der Waals surface area contributed by atoms with E-state index in [4.69, 9.17) is 10.5 Å². The maximum atomic E-state index is 5.52. The van der Waals surface area contributed by atoms with Crippen molar-refractivity contribution < 1.29 is 4.74 Å².